The van der Waals surface area contributed by atoms with Gasteiger partial charge in [-0.2, -0.15) is 0 Å². The Hall–Kier alpha value is -2.88. The fraction of sp³-hybridized carbons (Fsp3) is 0.0588. The Morgan fingerprint density at radius 2 is 1.48 bits per heavy atom. The quantitative estimate of drug-likeness (QED) is 0.666. The lowest BCUT2D eigenvalue weighted by Crippen LogP contribution is -2.07. The molecule has 0 spiro atoms. The Morgan fingerprint density at radius 1 is 0.905 bits per heavy atom. The highest BCUT2D eigenvalue weighted by Gasteiger charge is 2.18. The van der Waals surface area contributed by atoms with Crippen molar-refractivity contribution in [3.63, 3.8) is 0 Å². The monoisotopic (exact) mass is 282 g/mol. The number of carbonyl (C=O) groups is 2. The third-order valence-electron chi connectivity index (χ3n) is 3.17. The second kappa shape index (κ2) is 6.05. The molecular formula is C17H14O4. The van der Waals surface area contributed by atoms with E-state index in [4.69, 9.17) is 0 Å². The van der Waals surface area contributed by atoms with Crippen molar-refractivity contribution >= 4 is 23.6 Å². The lowest BCUT2D eigenvalue weighted by molar-refractivity contribution is -0.130. The molecule has 2 rings (SSSR count). The van der Waals surface area contributed by atoms with E-state index in [0.717, 1.165) is 11.1 Å². The molecule has 4 nitrogen and oxygen atoms in total. The van der Waals surface area contributed by atoms with E-state index in [1.54, 1.807) is 24.3 Å². The summed E-state index contributed by atoms with van der Waals surface area (Å²) < 4.78 is 0. The van der Waals surface area contributed by atoms with Gasteiger partial charge in [-0.25, -0.2) is 9.59 Å². The topological polar surface area (TPSA) is 74.6 Å². The van der Waals surface area contributed by atoms with Gasteiger partial charge >= 0.3 is 11.9 Å². The highest BCUT2D eigenvalue weighted by atomic mass is 16.4. The molecule has 0 aliphatic carbocycles. The predicted octanol–water partition coefficient (Wildman–Crippen LogP) is 3.32. The lowest BCUT2D eigenvalue weighted by Gasteiger charge is -2.08. The number of hydrogen-bond acceptors (Lipinski definition) is 2. The molecule has 0 heterocycles. The maximum absolute atomic E-state index is 11.5. The summed E-state index contributed by atoms with van der Waals surface area (Å²) in [5.74, 6) is -2.31. The van der Waals surface area contributed by atoms with E-state index in [-0.39, 0.29) is 16.7 Å². The minimum absolute atomic E-state index is 0.0280. The fourth-order valence-corrected chi connectivity index (χ4v) is 2.06. The van der Waals surface area contributed by atoms with Gasteiger partial charge < -0.3 is 10.2 Å². The third-order valence-corrected chi connectivity index (χ3v) is 3.17. The summed E-state index contributed by atoms with van der Waals surface area (Å²) in [7, 11) is 0. The first-order chi connectivity index (χ1) is 10.0. The Bertz CT molecular complexity index is 729. The van der Waals surface area contributed by atoms with E-state index in [1.807, 2.05) is 19.1 Å². The Kier molecular flexibility index (Phi) is 4.18. The van der Waals surface area contributed by atoms with E-state index < -0.39 is 11.9 Å². The molecule has 0 amide bonds. The van der Waals surface area contributed by atoms with Gasteiger partial charge in [-0.1, -0.05) is 42.5 Å². The molecule has 2 aromatic rings. The van der Waals surface area contributed by atoms with Gasteiger partial charge in [0.15, 0.2) is 0 Å². The van der Waals surface area contributed by atoms with Crippen LogP contribution in [0, 0.1) is 6.92 Å². The molecule has 0 fully saturated rings. The average molecular weight is 282 g/mol. The van der Waals surface area contributed by atoms with Crippen molar-refractivity contribution in [2.24, 2.45) is 0 Å². The van der Waals surface area contributed by atoms with Crippen LogP contribution in [-0.4, -0.2) is 22.2 Å². The normalized spacial score (nSPS) is 11.2. The molecule has 2 aromatic carbocycles. The van der Waals surface area contributed by atoms with Crippen molar-refractivity contribution in [2.75, 3.05) is 0 Å². The second-order valence-corrected chi connectivity index (χ2v) is 4.57. The molecule has 0 aliphatic heterocycles. The summed E-state index contributed by atoms with van der Waals surface area (Å²) in [6.07, 6.45) is 1.50. The summed E-state index contributed by atoms with van der Waals surface area (Å²) in [6.45, 7) is 1.87. The van der Waals surface area contributed by atoms with Crippen molar-refractivity contribution < 1.29 is 19.8 Å². The van der Waals surface area contributed by atoms with E-state index in [2.05, 4.69) is 0 Å². The lowest BCUT2D eigenvalue weighted by atomic mass is 9.96. The Labute approximate surface area is 122 Å². The Morgan fingerprint density at radius 3 is 2.05 bits per heavy atom. The van der Waals surface area contributed by atoms with Gasteiger partial charge in [-0.05, 0) is 30.2 Å². The average Bonchev–Trinajstić information content (AvgIpc) is 2.46. The zero-order chi connectivity index (χ0) is 15.4. The van der Waals surface area contributed by atoms with Crippen molar-refractivity contribution in [2.45, 2.75) is 6.92 Å². The first kappa shape index (κ1) is 14.5. The van der Waals surface area contributed by atoms with Gasteiger partial charge in [0.05, 0.1) is 11.1 Å². The molecule has 0 atom stereocenters. The number of aromatic carboxylic acids is 1. The van der Waals surface area contributed by atoms with Crippen molar-refractivity contribution in [3.8, 4) is 0 Å². The Balaban J connectivity index is 2.64. The van der Waals surface area contributed by atoms with Gasteiger partial charge in [0.25, 0.3) is 0 Å². The van der Waals surface area contributed by atoms with E-state index >= 15 is 0 Å². The van der Waals surface area contributed by atoms with Gasteiger partial charge in [-0.3, -0.25) is 0 Å². The second-order valence-electron chi connectivity index (χ2n) is 4.57. The predicted molar refractivity (Wildman–Crippen MR) is 80.1 cm³/mol. The summed E-state index contributed by atoms with van der Waals surface area (Å²) >= 11 is 0. The molecule has 4 heteroatoms. The fourth-order valence-electron chi connectivity index (χ4n) is 2.06. The number of carboxylic acid groups (broad SMARTS) is 2. The van der Waals surface area contributed by atoms with Crippen LogP contribution in [0.3, 0.4) is 0 Å². The van der Waals surface area contributed by atoms with Crippen LogP contribution >= 0.6 is 0 Å². The largest absolute Gasteiger partial charge is 0.478 e. The number of hydrogen-bond donors (Lipinski definition) is 2. The maximum Gasteiger partial charge on any atom is 0.336 e. The van der Waals surface area contributed by atoms with Gasteiger partial charge in [0, 0.05) is 5.56 Å². The molecule has 0 aliphatic rings. The van der Waals surface area contributed by atoms with E-state index in [0.29, 0.717) is 0 Å². The minimum Gasteiger partial charge on any atom is -0.478 e. The van der Waals surface area contributed by atoms with Gasteiger partial charge in [0.2, 0.25) is 0 Å². The summed E-state index contributed by atoms with van der Waals surface area (Å²) in [5.41, 5.74) is 1.79. The molecule has 0 radical (unpaired) electrons. The molecule has 0 bridgehead atoms. The molecular weight excluding hydrogens is 268 g/mol. The van der Waals surface area contributed by atoms with Crippen molar-refractivity contribution in [3.05, 3.63) is 70.8 Å². The van der Waals surface area contributed by atoms with Gasteiger partial charge in [-0.15, -0.1) is 0 Å². The van der Waals surface area contributed by atoms with Gasteiger partial charge in [0.1, 0.15) is 0 Å². The van der Waals surface area contributed by atoms with Crippen LogP contribution < -0.4 is 0 Å². The highest BCUT2D eigenvalue weighted by molar-refractivity contribution is 6.22. The SMILES string of the molecule is Cc1ccccc1/C=C(\C(=O)O)c1ccccc1C(=O)O. The number of benzene rings is 2. The highest BCUT2D eigenvalue weighted by Crippen LogP contribution is 2.23. The van der Waals surface area contributed by atoms with Crippen LogP contribution in [0.1, 0.15) is 27.0 Å². The number of aliphatic carboxylic acids is 1. The number of carboxylic acids is 2. The standard InChI is InChI=1S/C17H14O4/c1-11-6-2-3-7-12(11)10-15(17(20)21)13-8-4-5-9-14(13)16(18)19/h2-10H,1H3,(H,18,19)(H,20,21)/b15-10-. The minimum atomic E-state index is -1.16. The molecule has 0 unspecified atom stereocenters. The molecule has 0 saturated carbocycles. The first-order valence-corrected chi connectivity index (χ1v) is 6.34. The molecule has 0 saturated heterocycles. The summed E-state index contributed by atoms with van der Waals surface area (Å²) in [6, 6.07) is 13.4. The number of aryl methyl sites for hydroxylation is 1. The van der Waals surface area contributed by atoms with Crippen LogP contribution in [0.2, 0.25) is 0 Å². The maximum atomic E-state index is 11.5. The van der Waals surface area contributed by atoms with E-state index in [1.165, 1.54) is 18.2 Å². The summed E-state index contributed by atoms with van der Waals surface area (Å²) in [5, 5.41) is 18.6. The van der Waals surface area contributed by atoms with Crippen LogP contribution in [0.15, 0.2) is 48.5 Å². The summed E-state index contributed by atoms with van der Waals surface area (Å²) in [4.78, 5) is 22.8. The first-order valence-electron chi connectivity index (χ1n) is 6.34. The van der Waals surface area contributed by atoms with Crippen molar-refractivity contribution in [1.29, 1.82) is 0 Å². The van der Waals surface area contributed by atoms with Crippen LogP contribution in [-0.2, 0) is 4.79 Å². The molecule has 21 heavy (non-hydrogen) atoms. The smallest absolute Gasteiger partial charge is 0.336 e. The van der Waals surface area contributed by atoms with Crippen molar-refractivity contribution in [1.82, 2.24) is 0 Å². The zero-order valence-corrected chi connectivity index (χ0v) is 11.4. The van der Waals surface area contributed by atoms with E-state index in [9.17, 15) is 19.8 Å². The molecule has 106 valence electrons. The molecule has 2 N–H and O–H groups in total. The third kappa shape index (κ3) is 3.17. The van der Waals surface area contributed by atoms with Crippen LogP contribution in [0.4, 0.5) is 0 Å². The van der Waals surface area contributed by atoms with Crippen LogP contribution in [0.5, 0.6) is 0 Å². The van der Waals surface area contributed by atoms with Crippen LogP contribution in [0.25, 0.3) is 11.6 Å². The number of rotatable bonds is 4. The molecule has 0 aromatic heterocycles. The zero-order valence-electron chi connectivity index (χ0n) is 11.4.